The van der Waals surface area contributed by atoms with Crippen molar-refractivity contribution >= 4 is 29.3 Å². The smallest absolute Gasteiger partial charge is 0.410 e. The zero-order valence-corrected chi connectivity index (χ0v) is 16.6. The van der Waals surface area contributed by atoms with Crippen LogP contribution in [0.3, 0.4) is 0 Å². The van der Waals surface area contributed by atoms with Gasteiger partial charge in [-0.05, 0) is 57.7 Å². The highest BCUT2D eigenvalue weighted by Gasteiger charge is 2.27. The maximum Gasteiger partial charge on any atom is 0.410 e. The van der Waals surface area contributed by atoms with Gasteiger partial charge < -0.3 is 19.7 Å². The van der Waals surface area contributed by atoms with Crippen LogP contribution in [-0.2, 0) is 9.53 Å². The summed E-state index contributed by atoms with van der Waals surface area (Å²) in [5, 5.41) is 3.32. The third-order valence-electron chi connectivity index (χ3n) is 4.18. The van der Waals surface area contributed by atoms with E-state index in [2.05, 4.69) is 5.32 Å². The molecule has 0 saturated carbocycles. The molecule has 1 aromatic rings. The highest BCUT2D eigenvalue weighted by molar-refractivity contribution is 6.32. The summed E-state index contributed by atoms with van der Waals surface area (Å²) in [4.78, 5) is 26.0. The highest BCUT2D eigenvalue weighted by Crippen LogP contribution is 2.28. The van der Waals surface area contributed by atoms with Gasteiger partial charge in [-0.15, -0.1) is 0 Å². The van der Waals surface area contributed by atoms with Crippen molar-refractivity contribution in [3.05, 3.63) is 23.2 Å². The average molecular weight is 383 g/mol. The Balaban J connectivity index is 1.79. The molecule has 1 fully saturated rings. The lowest BCUT2D eigenvalue weighted by molar-refractivity contribution is -0.117. The van der Waals surface area contributed by atoms with Gasteiger partial charge in [0.05, 0.1) is 12.1 Å². The van der Waals surface area contributed by atoms with Crippen LogP contribution < -0.4 is 10.1 Å². The lowest BCUT2D eigenvalue weighted by Gasteiger charge is -2.33. The number of methoxy groups -OCH3 is 1. The van der Waals surface area contributed by atoms with E-state index in [9.17, 15) is 9.59 Å². The van der Waals surface area contributed by atoms with Crippen molar-refractivity contribution in [3.8, 4) is 5.75 Å². The predicted molar refractivity (Wildman–Crippen MR) is 102 cm³/mol. The number of piperidine rings is 1. The second-order valence-corrected chi connectivity index (χ2v) is 7.92. The van der Waals surface area contributed by atoms with E-state index in [1.54, 1.807) is 30.2 Å². The molecule has 1 heterocycles. The van der Waals surface area contributed by atoms with E-state index < -0.39 is 5.60 Å². The molecule has 0 spiro atoms. The molecule has 0 aromatic heterocycles. The molecule has 2 amide bonds. The van der Waals surface area contributed by atoms with Crippen LogP contribution in [0.25, 0.3) is 0 Å². The molecule has 0 radical (unpaired) electrons. The van der Waals surface area contributed by atoms with E-state index in [1.807, 2.05) is 20.8 Å². The second kappa shape index (κ2) is 8.62. The number of nitrogens with one attached hydrogen (secondary N) is 1. The Bertz CT molecular complexity index is 649. The molecule has 6 nitrogen and oxygen atoms in total. The molecule has 1 saturated heterocycles. The monoisotopic (exact) mass is 382 g/mol. The standard InChI is InChI=1S/C19H27ClN2O4/c1-19(2,3)26-18(24)22-9-7-13(8-10-22)11-17(23)21-14-5-6-16(25-4)15(20)12-14/h5-6,12-13H,7-11H2,1-4H3,(H,21,23). The van der Waals surface area contributed by atoms with Gasteiger partial charge in [0.1, 0.15) is 11.4 Å². The van der Waals surface area contributed by atoms with Crippen molar-refractivity contribution in [1.82, 2.24) is 4.90 Å². The number of amides is 2. The molecule has 2 rings (SSSR count). The van der Waals surface area contributed by atoms with Gasteiger partial charge in [-0.2, -0.15) is 0 Å². The van der Waals surface area contributed by atoms with Gasteiger partial charge in [-0.25, -0.2) is 4.79 Å². The molecule has 144 valence electrons. The Morgan fingerprint density at radius 1 is 1.27 bits per heavy atom. The number of anilines is 1. The van der Waals surface area contributed by atoms with Gasteiger partial charge in [-0.1, -0.05) is 11.6 Å². The van der Waals surface area contributed by atoms with Crippen LogP contribution in [0.5, 0.6) is 5.75 Å². The topological polar surface area (TPSA) is 67.9 Å². The minimum atomic E-state index is -0.493. The number of carbonyl (C=O) groups excluding carboxylic acids is 2. The van der Waals surface area contributed by atoms with Crippen LogP contribution in [0.2, 0.25) is 5.02 Å². The maximum atomic E-state index is 12.3. The fourth-order valence-corrected chi connectivity index (χ4v) is 3.12. The molecule has 0 atom stereocenters. The molecule has 1 N–H and O–H groups in total. The molecule has 1 aromatic carbocycles. The summed E-state index contributed by atoms with van der Waals surface area (Å²) in [6.07, 6.45) is 1.71. The second-order valence-electron chi connectivity index (χ2n) is 7.51. The molecule has 26 heavy (non-hydrogen) atoms. The summed E-state index contributed by atoms with van der Waals surface area (Å²) in [6, 6.07) is 5.15. The van der Waals surface area contributed by atoms with Crippen LogP contribution in [-0.4, -0.2) is 42.7 Å². The van der Waals surface area contributed by atoms with Crippen LogP contribution in [0.4, 0.5) is 10.5 Å². The van der Waals surface area contributed by atoms with E-state index in [-0.39, 0.29) is 17.9 Å². The summed E-state index contributed by atoms with van der Waals surface area (Å²) in [5.41, 5.74) is 0.153. The molecule has 0 aliphatic carbocycles. The molecular weight excluding hydrogens is 356 g/mol. The number of benzene rings is 1. The van der Waals surface area contributed by atoms with Crippen LogP contribution in [0.15, 0.2) is 18.2 Å². The van der Waals surface area contributed by atoms with Crippen LogP contribution in [0, 0.1) is 5.92 Å². The third kappa shape index (κ3) is 6.09. The van der Waals surface area contributed by atoms with Crippen molar-refractivity contribution in [2.45, 2.75) is 45.6 Å². The first-order valence-corrected chi connectivity index (χ1v) is 9.17. The van der Waals surface area contributed by atoms with Crippen molar-refractivity contribution in [2.75, 3.05) is 25.5 Å². The number of ether oxygens (including phenoxy) is 2. The minimum absolute atomic E-state index is 0.0537. The third-order valence-corrected chi connectivity index (χ3v) is 4.47. The van der Waals surface area contributed by atoms with Crippen LogP contribution >= 0.6 is 11.6 Å². The fraction of sp³-hybridized carbons (Fsp3) is 0.579. The zero-order valence-electron chi connectivity index (χ0n) is 15.8. The quantitative estimate of drug-likeness (QED) is 0.841. The van der Waals surface area contributed by atoms with Crippen molar-refractivity contribution < 1.29 is 19.1 Å². The summed E-state index contributed by atoms with van der Waals surface area (Å²) in [7, 11) is 1.54. The van der Waals surface area contributed by atoms with Crippen molar-refractivity contribution in [2.24, 2.45) is 5.92 Å². The van der Waals surface area contributed by atoms with E-state index >= 15 is 0 Å². The van der Waals surface area contributed by atoms with Crippen molar-refractivity contribution in [3.63, 3.8) is 0 Å². The lowest BCUT2D eigenvalue weighted by Crippen LogP contribution is -2.42. The Morgan fingerprint density at radius 2 is 1.92 bits per heavy atom. The fourth-order valence-electron chi connectivity index (χ4n) is 2.86. The van der Waals surface area contributed by atoms with Gasteiger partial charge in [0.15, 0.2) is 0 Å². The highest BCUT2D eigenvalue weighted by atomic mass is 35.5. The Hall–Kier alpha value is -1.95. The molecule has 1 aliphatic rings. The average Bonchev–Trinajstić information content (AvgIpc) is 2.54. The number of nitrogens with zero attached hydrogens (tertiary/aromatic N) is 1. The largest absolute Gasteiger partial charge is 0.495 e. The van der Waals surface area contributed by atoms with Crippen LogP contribution in [0.1, 0.15) is 40.0 Å². The predicted octanol–water partition coefficient (Wildman–Crippen LogP) is 4.32. The normalized spacial score (nSPS) is 15.5. The lowest BCUT2D eigenvalue weighted by atomic mass is 9.93. The Kier molecular flexibility index (Phi) is 6.75. The molecule has 7 heteroatoms. The first-order valence-electron chi connectivity index (χ1n) is 8.79. The van der Waals surface area contributed by atoms with E-state index in [0.29, 0.717) is 36.0 Å². The Morgan fingerprint density at radius 3 is 2.46 bits per heavy atom. The van der Waals surface area contributed by atoms with Gasteiger partial charge in [0.2, 0.25) is 5.91 Å². The number of hydrogen-bond acceptors (Lipinski definition) is 4. The number of carbonyl (C=O) groups is 2. The summed E-state index contributed by atoms with van der Waals surface area (Å²) in [6.45, 7) is 6.79. The molecule has 0 unspecified atom stereocenters. The number of hydrogen-bond donors (Lipinski definition) is 1. The van der Waals surface area contributed by atoms with Crippen molar-refractivity contribution in [1.29, 1.82) is 0 Å². The number of halogens is 1. The first-order chi connectivity index (χ1) is 12.2. The minimum Gasteiger partial charge on any atom is -0.495 e. The van der Waals surface area contributed by atoms with Gasteiger partial charge in [0.25, 0.3) is 0 Å². The first kappa shape index (κ1) is 20.4. The SMILES string of the molecule is COc1ccc(NC(=O)CC2CCN(C(=O)OC(C)(C)C)CC2)cc1Cl. The molecule has 1 aliphatic heterocycles. The Labute approximate surface area is 159 Å². The molecule has 0 bridgehead atoms. The van der Waals surface area contributed by atoms with Gasteiger partial charge >= 0.3 is 6.09 Å². The summed E-state index contributed by atoms with van der Waals surface area (Å²) in [5.74, 6) is 0.767. The maximum absolute atomic E-state index is 12.3. The zero-order chi connectivity index (χ0) is 19.3. The number of rotatable bonds is 4. The summed E-state index contributed by atoms with van der Waals surface area (Å²) >= 11 is 6.07. The number of likely N-dealkylation sites (tertiary alicyclic amines) is 1. The molecular formula is C19H27ClN2O4. The van der Waals surface area contributed by atoms with E-state index in [0.717, 1.165) is 12.8 Å². The van der Waals surface area contributed by atoms with Gasteiger partial charge in [-0.3, -0.25) is 4.79 Å². The van der Waals surface area contributed by atoms with E-state index in [4.69, 9.17) is 21.1 Å². The summed E-state index contributed by atoms with van der Waals surface area (Å²) < 4.78 is 10.5. The van der Waals surface area contributed by atoms with E-state index in [1.165, 1.54) is 0 Å². The van der Waals surface area contributed by atoms with Gasteiger partial charge in [0, 0.05) is 25.2 Å².